The molecule has 0 aromatic heterocycles. The molecule has 2 N–H and O–H groups in total. The maximum absolute atomic E-state index is 11.8. The van der Waals surface area contributed by atoms with Gasteiger partial charge in [-0.05, 0) is 43.6 Å². The van der Waals surface area contributed by atoms with Gasteiger partial charge in [-0.25, -0.2) is 0 Å². The Kier molecular flexibility index (Phi) is 4.44. The highest BCUT2D eigenvalue weighted by atomic mass is 35.5. The summed E-state index contributed by atoms with van der Waals surface area (Å²) in [6, 6.07) is 5.23. The van der Waals surface area contributed by atoms with Crippen LogP contribution in [-0.2, 0) is 4.79 Å². The largest absolute Gasteiger partial charge is 0.495 e. The fourth-order valence-electron chi connectivity index (χ4n) is 2.11. The van der Waals surface area contributed by atoms with Gasteiger partial charge >= 0.3 is 0 Å². The molecule has 1 aromatic rings. The summed E-state index contributed by atoms with van der Waals surface area (Å²) in [5.74, 6) is 1.08. The molecule has 0 aliphatic carbocycles. The van der Waals surface area contributed by atoms with Crippen LogP contribution in [0.25, 0.3) is 0 Å². The van der Waals surface area contributed by atoms with Crippen molar-refractivity contribution >= 4 is 23.2 Å². The lowest BCUT2D eigenvalue weighted by Crippen LogP contribution is -2.18. The quantitative estimate of drug-likeness (QED) is 0.881. The normalized spacial score (nSPS) is 18.7. The Labute approximate surface area is 112 Å². The van der Waals surface area contributed by atoms with Gasteiger partial charge in [-0.3, -0.25) is 4.79 Å². The van der Waals surface area contributed by atoms with Crippen LogP contribution in [0.3, 0.4) is 0 Å². The summed E-state index contributed by atoms with van der Waals surface area (Å²) in [6.45, 7) is 1.93. The van der Waals surface area contributed by atoms with Gasteiger partial charge in [0.05, 0.1) is 12.1 Å². The molecule has 1 atom stereocenters. The highest BCUT2D eigenvalue weighted by Crippen LogP contribution is 2.27. The number of nitrogens with one attached hydrogen (secondary N) is 2. The Hall–Kier alpha value is -1.26. The van der Waals surface area contributed by atoms with E-state index in [-0.39, 0.29) is 5.91 Å². The molecule has 4 nitrogen and oxygen atoms in total. The van der Waals surface area contributed by atoms with Crippen LogP contribution in [0.1, 0.15) is 12.8 Å². The third-order valence-electron chi connectivity index (χ3n) is 3.07. The van der Waals surface area contributed by atoms with Crippen molar-refractivity contribution in [1.29, 1.82) is 0 Å². The van der Waals surface area contributed by atoms with Crippen molar-refractivity contribution in [1.82, 2.24) is 5.32 Å². The number of halogens is 1. The van der Waals surface area contributed by atoms with Crippen LogP contribution in [-0.4, -0.2) is 26.1 Å². The van der Waals surface area contributed by atoms with Gasteiger partial charge in [-0.15, -0.1) is 0 Å². The highest BCUT2D eigenvalue weighted by Gasteiger charge is 2.18. The summed E-state index contributed by atoms with van der Waals surface area (Å²) in [6.07, 6.45) is 1.62. The molecule has 0 radical (unpaired) electrons. The molecule has 98 valence electrons. The van der Waals surface area contributed by atoms with Crippen LogP contribution >= 0.6 is 11.6 Å². The lowest BCUT2D eigenvalue weighted by molar-refractivity contribution is -0.116. The summed E-state index contributed by atoms with van der Waals surface area (Å²) in [4.78, 5) is 11.8. The molecular weight excluding hydrogens is 252 g/mol. The van der Waals surface area contributed by atoms with Crippen LogP contribution in [0.15, 0.2) is 18.2 Å². The van der Waals surface area contributed by atoms with Gasteiger partial charge in [0.15, 0.2) is 0 Å². The maximum Gasteiger partial charge on any atom is 0.224 e. The molecule has 1 aromatic carbocycles. The first-order valence-electron chi connectivity index (χ1n) is 6.03. The highest BCUT2D eigenvalue weighted by molar-refractivity contribution is 6.32. The average Bonchev–Trinajstić information content (AvgIpc) is 2.82. The molecular formula is C13H17ClN2O2. The van der Waals surface area contributed by atoms with Crippen molar-refractivity contribution in [3.8, 4) is 5.75 Å². The molecule has 2 rings (SSSR count). The minimum atomic E-state index is 0.0323. The third kappa shape index (κ3) is 3.37. The Morgan fingerprint density at radius 2 is 2.44 bits per heavy atom. The van der Waals surface area contributed by atoms with E-state index in [2.05, 4.69) is 10.6 Å². The SMILES string of the molecule is COc1ccc(NC(=O)CC2CCNC2)cc1Cl. The number of amides is 1. The first kappa shape index (κ1) is 13.2. The van der Waals surface area contributed by atoms with E-state index in [9.17, 15) is 4.79 Å². The molecule has 1 aliphatic rings. The number of hydrogen-bond donors (Lipinski definition) is 2. The fraction of sp³-hybridized carbons (Fsp3) is 0.462. The van der Waals surface area contributed by atoms with Crippen molar-refractivity contribution in [3.05, 3.63) is 23.2 Å². The van der Waals surface area contributed by atoms with Crippen LogP contribution < -0.4 is 15.4 Å². The second kappa shape index (κ2) is 6.07. The third-order valence-corrected chi connectivity index (χ3v) is 3.37. The molecule has 1 aliphatic heterocycles. The molecule has 1 amide bonds. The molecule has 1 unspecified atom stereocenters. The molecule has 0 spiro atoms. The molecule has 18 heavy (non-hydrogen) atoms. The Morgan fingerprint density at radius 3 is 3.06 bits per heavy atom. The minimum Gasteiger partial charge on any atom is -0.495 e. The van der Waals surface area contributed by atoms with Gasteiger partial charge in [0.2, 0.25) is 5.91 Å². The summed E-state index contributed by atoms with van der Waals surface area (Å²) in [5, 5.41) is 6.60. The molecule has 1 heterocycles. The molecule has 1 saturated heterocycles. The molecule has 5 heteroatoms. The zero-order valence-corrected chi connectivity index (χ0v) is 11.1. The first-order valence-corrected chi connectivity index (χ1v) is 6.41. The predicted octanol–water partition coefficient (Wildman–Crippen LogP) is 2.29. The predicted molar refractivity (Wildman–Crippen MR) is 72.2 cm³/mol. The van der Waals surface area contributed by atoms with Crippen molar-refractivity contribution in [2.24, 2.45) is 5.92 Å². The van der Waals surface area contributed by atoms with E-state index in [4.69, 9.17) is 16.3 Å². The van der Waals surface area contributed by atoms with E-state index in [1.165, 1.54) is 0 Å². The Balaban J connectivity index is 1.92. The van der Waals surface area contributed by atoms with Gasteiger partial charge in [0.25, 0.3) is 0 Å². The zero-order valence-electron chi connectivity index (χ0n) is 10.3. The van der Waals surface area contributed by atoms with Crippen LogP contribution in [0, 0.1) is 5.92 Å². The monoisotopic (exact) mass is 268 g/mol. The summed E-state index contributed by atoms with van der Waals surface area (Å²) < 4.78 is 5.06. The summed E-state index contributed by atoms with van der Waals surface area (Å²) in [7, 11) is 1.56. The molecule has 1 fully saturated rings. The van der Waals surface area contributed by atoms with E-state index in [1.807, 2.05) is 0 Å². The number of carbonyl (C=O) groups is 1. The number of carbonyl (C=O) groups excluding carboxylic acids is 1. The van der Waals surface area contributed by atoms with Crippen molar-refractivity contribution in [2.45, 2.75) is 12.8 Å². The summed E-state index contributed by atoms with van der Waals surface area (Å²) in [5.41, 5.74) is 0.705. The fourth-order valence-corrected chi connectivity index (χ4v) is 2.36. The number of benzene rings is 1. The number of rotatable bonds is 4. The van der Waals surface area contributed by atoms with Gasteiger partial charge in [-0.2, -0.15) is 0 Å². The number of ether oxygens (including phenoxy) is 1. The lowest BCUT2D eigenvalue weighted by atomic mass is 10.0. The standard InChI is InChI=1S/C13H17ClN2O2/c1-18-12-3-2-10(7-11(12)14)16-13(17)6-9-4-5-15-8-9/h2-3,7,9,15H,4-6,8H2,1H3,(H,16,17). The Bertz CT molecular complexity index is 431. The zero-order chi connectivity index (χ0) is 13.0. The van der Waals surface area contributed by atoms with Gasteiger partial charge < -0.3 is 15.4 Å². The summed E-state index contributed by atoms with van der Waals surface area (Å²) >= 11 is 6.00. The van der Waals surface area contributed by atoms with Crippen molar-refractivity contribution in [3.63, 3.8) is 0 Å². The van der Waals surface area contributed by atoms with Crippen LogP contribution in [0.4, 0.5) is 5.69 Å². The van der Waals surface area contributed by atoms with Gasteiger partial charge in [-0.1, -0.05) is 11.6 Å². The van der Waals surface area contributed by atoms with E-state index in [0.717, 1.165) is 19.5 Å². The van der Waals surface area contributed by atoms with Gasteiger partial charge in [0, 0.05) is 12.1 Å². The van der Waals surface area contributed by atoms with E-state index >= 15 is 0 Å². The van der Waals surface area contributed by atoms with Crippen LogP contribution in [0.5, 0.6) is 5.75 Å². The Morgan fingerprint density at radius 1 is 1.61 bits per heavy atom. The van der Waals surface area contributed by atoms with Crippen molar-refractivity contribution in [2.75, 3.05) is 25.5 Å². The van der Waals surface area contributed by atoms with Gasteiger partial charge in [0.1, 0.15) is 5.75 Å². The number of anilines is 1. The van der Waals surface area contributed by atoms with Crippen LogP contribution in [0.2, 0.25) is 5.02 Å². The lowest BCUT2D eigenvalue weighted by Gasteiger charge is -2.10. The van der Waals surface area contributed by atoms with E-state index < -0.39 is 0 Å². The second-order valence-corrected chi connectivity index (χ2v) is 4.87. The van der Waals surface area contributed by atoms with E-state index in [1.54, 1.807) is 25.3 Å². The maximum atomic E-state index is 11.8. The smallest absolute Gasteiger partial charge is 0.224 e. The number of hydrogen-bond acceptors (Lipinski definition) is 3. The van der Waals surface area contributed by atoms with E-state index in [0.29, 0.717) is 28.8 Å². The number of methoxy groups -OCH3 is 1. The topological polar surface area (TPSA) is 50.4 Å². The molecule has 0 bridgehead atoms. The second-order valence-electron chi connectivity index (χ2n) is 4.46. The molecule has 0 saturated carbocycles. The minimum absolute atomic E-state index is 0.0323. The first-order chi connectivity index (χ1) is 8.69. The van der Waals surface area contributed by atoms with Crippen molar-refractivity contribution < 1.29 is 9.53 Å². The average molecular weight is 269 g/mol.